The number of ether oxygens (including phenoxy) is 1. The monoisotopic (exact) mass is 206 g/mol. The Balaban J connectivity index is 4.10. The number of rotatable bonds is 5. The van der Waals surface area contributed by atoms with Crippen molar-refractivity contribution in [2.75, 3.05) is 18.1 Å². The van der Waals surface area contributed by atoms with Crippen LogP contribution in [0.15, 0.2) is 12.2 Å². The summed E-state index contributed by atoms with van der Waals surface area (Å²) >= 11 is 0. The lowest BCUT2D eigenvalue weighted by Gasteiger charge is -2.00. The van der Waals surface area contributed by atoms with Crippen LogP contribution in [0.3, 0.4) is 0 Å². The number of sulfone groups is 1. The fourth-order valence-corrected chi connectivity index (χ4v) is 1.73. The fourth-order valence-electron chi connectivity index (χ4n) is 0.684. The molecule has 0 aliphatic carbocycles. The molecule has 0 aromatic heterocycles. The molecule has 13 heavy (non-hydrogen) atoms. The second kappa shape index (κ2) is 5.75. The molecule has 0 unspecified atom stereocenters. The average molecular weight is 206 g/mol. The Hall–Kier alpha value is -0.840. The van der Waals surface area contributed by atoms with Gasteiger partial charge in [0.2, 0.25) is 0 Å². The molecule has 0 atom stereocenters. The van der Waals surface area contributed by atoms with E-state index < -0.39 is 21.6 Å². The standard InChI is InChI=1S/C8H14O4S/c1-3-5-6-13(10,11)7-8(9)12-4-2/h3,5H,4,6-7H2,1-2H3/b5-3+. The molecule has 0 rings (SSSR count). The molecule has 0 spiro atoms. The molecule has 76 valence electrons. The molecule has 0 heterocycles. The highest BCUT2D eigenvalue weighted by molar-refractivity contribution is 7.92. The van der Waals surface area contributed by atoms with Crippen molar-refractivity contribution in [1.82, 2.24) is 0 Å². The zero-order valence-corrected chi connectivity index (χ0v) is 8.63. The van der Waals surface area contributed by atoms with Gasteiger partial charge in [-0.2, -0.15) is 0 Å². The molecule has 0 aromatic carbocycles. The Labute approximate surface area is 78.5 Å². The van der Waals surface area contributed by atoms with E-state index in [1.807, 2.05) is 0 Å². The van der Waals surface area contributed by atoms with Crippen LogP contribution in [0.25, 0.3) is 0 Å². The minimum atomic E-state index is -3.33. The summed E-state index contributed by atoms with van der Waals surface area (Å²) in [5.41, 5.74) is 0. The summed E-state index contributed by atoms with van der Waals surface area (Å²) < 4.78 is 26.8. The third-order valence-electron chi connectivity index (χ3n) is 1.23. The van der Waals surface area contributed by atoms with Crippen LogP contribution in [0.4, 0.5) is 0 Å². The van der Waals surface area contributed by atoms with Crippen LogP contribution in [0, 0.1) is 0 Å². The lowest BCUT2D eigenvalue weighted by atomic mass is 10.6. The molecule has 0 aromatic rings. The zero-order valence-electron chi connectivity index (χ0n) is 7.82. The van der Waals surface area contributed by atoms with Gasteiger partial charge in [-0.1, -0.05) is 12.2 Å². The van der Waals surface area contributed by atoms with Crippen LogP contribution in [0.5, 0.6) is 0 Å². The first-order chi connectivity index (χ1) is 6.02. The molecule has 0 bridgehead atoms. The topological polar surface area (TPSA) is 60.4 Å². The molecule has 0 aliphatic rings. The van der Waals surface area contributed by atoms with Gasteiger partial charge in [0.1, 0.15) is 5.75 Å². The predicted molar refractivity (Wildman–Crippen MR) is 50.1 cm³/mol. The van der Waals surface area contributed by atoms with Crippen molar-refractivity contribution in [3.63, 3.8) is 0 Å². The lowest BCUT2D eigenvalue weighted by molar-refractivity contribution is -0.139. The van der Waals surface area contributed by atoms with Crippen molar-refractivity contribution >= 4 is 15.8 Å². The number of hydrogen-bond donors (Lipinski definition) is 0. The number of esters is 1. The number of carbonyl (C=O) groups excluding carboxylic acids is 1. The van der Waals surface area contributed by atoms with E-state index in [4.69, 9.17) is 0 Å². The Bertz CT molecular complexity index is 277. The minimum absolute atomic E-state index is 0.109. The first-order valence-corrected chi connectivity index (χ1v) is 5.81. The van der Waals surface area contributed by atoms with E-state index in [1.54, 1.807) is 19.9 Å². The highest BCUT2D eigenvalue weighted by Crippen LogP contribution is 1.93. The first-order valence-electron chi connectivity index (χ1n) is 3.99. The Morgan fingerprint density at radius 1 is 1.46 bits per heavy atom. The molecular weight excluding hydrogens is 192 g/mol. The molecule has 0 aliphatic heterocycles. The van der Waals surface area contributed by atoms with E-state index in [2.05, 4.69) is 4.74 Å². The van der Waals surface area contributed by atoms with Crippen molar-refractivity contribution < 1.29 is 17.9 Å². The molecule has 0 amide bonds. The largest absolute Gasteiger partial charge is 0.465 e. The van der Waals surface area contributed by atoms with Crippen molar-refractivity contribution in [3.05, 3.63) is 12.2 Å². The highest BCUT2D eigenvalue weighted by atomic mass is 32.2. The van der Waals surface area contributed by atoms with Gasteiger partial charge in [0.25, 0.3) is 0 Å². The third-order valence-corrected chi connectivity index (χ3v) is 2.60. The average Bonchev–Trinajstić information content (AvgIpc) is 2.00. The minimum Gasteiger partial charge on any atom is -0.465 e. The fraction of sp³-hybridized carbons (Fsp3) is 0.625. The van der Waals surface area contributed by atoms with Gasteiger partial charge in [-0.25, -0.2) is 8.42 Å². The first kappa shape index (κ1) is 12.2. The summed E-state index contributed by atoms with van der Waals surface area (Å²) in [6.07, 6.45) is 3.12. The van der Waals surface area contributed by atoms with Gasteiger partial charge in [-0.15, -0.1) is 0 Å². The summed E-state index contributed by atoms with van der Waals surface area (Å²) in [7, 11) is -3.33. The maximum absolute atomic E-state index is 11.1. The lowest BCUT2D eigenvalue weighted by Crippen LogP contribution is -2.20. The molecular formula is C8H14O4S. The summed E-state index contributed by atoms with van der Waals surface area (Å²) in [6, 6.07) is 0. The van der Waals surface area contributed by atoms with Crippen LogP contribution in [0.1, 0.15) is 13.8 Å². The van der Waals surface area contributed by atoms with Crippen LogP contribution >= 0.6 is 0 Å². The highest BCUT2D eigenvalue weighted by Gasteiger charge is 2.15. The zero-order chi connectivity index (χ0) is 10.3. The van der Waals surface area contributed by atoms with Gasteiger partial charge in [0, 0.05) is 0 Å². The van der Waals surface area contributed by atoms with E-state index in [1.165, 1.54) is 6.08 Å². The Morgan fingerprint density at radius 2 is 2.08 bits per heavy atom. The summed E-state index contributed by atoms with van der Waals surface area (Å²) in [6.45, 7) is 3.56. The van der Waals surface area contributed by atoms with Gasteiger partial charge in [0.05, 0.1) is 12.4 Å². The molecule has 0 saturated carbocycles. The number of carbonyl (C=O) groups is 1. The molecule has 0 N–H and O–H groups in total. The van der Waals surface area contributed by atoms with Crippen molar-refractivity contribution in [1.29, 1.82) is 0 Å². The summed E-state index contributed by atoms with van der Waals surface area (Å²) in [5, 5.41) is 0. The normalized spacial score (nSPS) is 11.8. The molecule has 0 fully saturated rings. The van der Waals surface area contributed by atoms with Gasteiger partial charge < -0.3 is 4.74 Å². The van der Waals surface area contributed by atoms with Crippen molar-refractivity contribution in [3.8, 4) is 0 Å². The maximum Gasteiger partial charge on any atom is 0.321 e. The number of allylic oxidation sites excluding steroid dienone is 1. The molecule has 0 saturated heterocycles. The predicted octanol–water partition coefficient (Wildman–Crippen LogP) is 0.540. The van der Waals surface area contributed by atoms with E-state index in [0.717, 1.165) is 0 Å². The third kappa shape index (κ3) is 6.33. The SMILES string of the molecule is C/C=C/CS(=O)(=O)CC(=O)OCC. The van der Waals surface area contributed by atoms with Crippen molar-refractivity contribution in [2.45, 2.75) is 13.8 Å². The van der Waals surface area contributed by atoms with E-state index in [0.29, 0.717) is 0 Å². The Morgan fingerprint density at radius 3 is 2.54 bits per heavy atom. The van der Waals surface area contributed by atoms with Crippen molar-refractivity contribution in [2.24, 2.45) is 0 Å². The molecule has 5 heteroatoms. The van der Waals surface area contributed by atoms with E-state index in [9.17, 15) is 13.2 Å². The molecule has 0 radical (unpaired) electrons. The van der Waals surface area contributed by atoms with Crippen LogP contribution in [-0.4, -0.2) is 32.5 Å². The van der Waals surface area contributed by atoms with E-state index in [-0.39, 0.29) is 12.4 Å². The van der Waals surface area contributed by atoms with Gasteiger partial charge in [0.15, 0.2) is 9.84 Å². The van der Waals surface area contributed by atoms with E-state index >= 15 is 0 Å². The van der Waals surface area contributed by atoms with Gasteiger partial charge >= 0.3 is 5.97 Å². The Kier molecular flexibility index (Phi) is 5.37. The maximum atomic E-state index is 11.1. The van der Waals surface area contributed by atoms with Crippen LogP contribution < -0.4 is 0 Å². The number of hydrogen-bond acceptors (Lipinski definition) is 4. The summed E-state index contributed by atoms with van der Waals surface area (Å²) in [5.74, 6) is -1.33. The second-order valence-electron chi connectivity index (χ2n) is 2.43. The van der Waals surface area contributed by atoms with Gasteiger partial charge in [-0.3, -0.25) is 4.79 Å². The summed E-state index contributed by atoms with van der Waals surface area (Å²) in [4.78, 5) is 10.8. The smallest absolute Gasteiger partial charge is 0.321 e. The van der Waals surface area contributed by atoms with Crippen LogP contribution in [0.2, 0.25) is 0 Å². The quantitative estimate of drug-likeness (QED) is 0.486. The van der Waals surface area contributed by atoms with Gasteiger partial charge in [-0.05, 0) is 13.8 Å². The van der Waals surface area contributed by atoms with Crippen LogP contribution in [-0.2, 0) is 19.4 Å². The second-order valence-corrected chi connectivity index (χ2v) is 4.54. The molecule has 4 nitrogen and oxygen atoms in total.